The third-order valence-electron chi connectivity index (χ3n) is 4.18. The fourth-order valence-corrected chi connectivity index (χ4v) is 3.80. The highest BCUT2D eigenvalue weighted by molar-refractivity contribution is 7.99. The van der Waals surface area contributed by atoms with Crippen LogP contribution in [0.4, 0.5) is 0 Å². The molecule has 0 bridgehead atoms. The van der Waals surface area contributed by atoms with E-state index in [1.54, 1.807) is 14.2 Å². The number of rotatable bonds is 9. The molecule has 124 valence electrons. The van der Waals surface area contributed by atoms with Gasteiger partial charge in [-0.3, -0.25) is 0 Å². The van der Waals surface area contributed by atoms with Crippen molar-refractivity contribution < 1.29 is 9.47 Å². The lowest BCUT2D eigenvalue weighted by molar-refractivity contribution is -0.0733. The lowest BCUT2D eigenvalue weighted by Crippen LogP contribution is -2.44. The van der Waals surface area contributed by atoms with Crippen LogP contribution in [0.15, 0.2) is 41.3 Å². The molecule has 2 atom stereocenters. The molecule has 1 rings (SSSR count). The molecule has 0 aliphatic heterocycles. The Morgan fingerprint density at radius 3 is 2.14 bits per heavy atom. The van der Waals surface area contributed by atoms with E-state index in [0.29, 0.717) is 0 Å². The lowest BCUT2D eigenvalue weighted by atomic mass is 9.78. The van der Waals surface area contributed by atoms with Crippen LogP contribution in [0.2, 0.25) is 0 Å². The number of benzene rings is 1. The number of aryl methyl sites for hydroxylation is 1. The largest absolute Gasteiger partial charge is 0.380 e. The average Bonchev–Trinajstić information content (AvgIpc) is 2.46. The van der Waals surface area contributed by atoms with E-state index in [0.717, 1.165) is 17.7 Å². The zero-order chi connectivity index (χ0) is 16.8. The Hall–Kier alpha value is -0.770. The van der Waals surface area contributed by atoms with E-state index in [4.69, 9.17) is 9.47 Å². The quantitative estimate of drug-likeness (QED) is 0.465. The zero-order valence-electron chi connectivity index (χ0n) is 14.8. The van der Waals surface area contributed by atoms with Gasteiger partial charge in [-0.15, -0.1) is 18.3 Å². The van der Waals surface area contributed by atoms with Crippen molar-refractivity contribution in [1.29, 1.82) is 0 Å². The van der Waals surface area contributed by atoms with Crippen LogP contribution in [-0.4, -0.2) is 32.2 Å². The molecule has 0 amide bonds. The minimum absolute atomic E-state index is 0.0832. The molecule has 1 aromatic rings. The highest BCUT2D eigenvalue weighted by atomic mass is 32.2. The highest BCUT2D eigenvalue weighted by Crippen LogP contribution is 2.35. The van der Waals surface area contributed by atoms with Crippen molar-refractivity contribution in [3.63, 3.8) is 0 Å². The van der Waals surface area contributed by atoms with Crippen LogP contribution in [0, 0.1) is 12.3 Å². The second-order valence-electron chi connectivity index (χ2n) is 6.56. The zero-order valence-corrected chi connectivity index (χ0v) is 15.6. The Morgan fingerprint density at radius 1 is 1.14 bits per heavy atom. The van der Waals surface area contributed by atoms with Gasteiger partial charge < -0.3 is 9.47 Å². The molecule has 0 N–H and O–H groups in total. The molecule has 22 heavy (non-hydrogen) atoms. The molecule has 0 radical (unpaired) electrons. The van der Waals surface area contributed by atoms with E-state index in [9.17, 15) is 0 Å². The second kappa shape index (κ2) is 8.76. The first-order valence-electron chi connectivity index (χ1n) is 7.70. The van der Waals surface area contributed by atoms with Crippen molar-refractivity contribution in [1.82, 2.24) is 0 Å². The van der Waals surface area contributed by atoms with E-state index in [2.05, 4.69) is 51.6 Å². The molecule has 2 nitrogen and oxygen atoms in total. The van der Waals surface area contributed by atoms with E-state index >= 15 is 0 Å². The predicted octanol–water partition coefficient (Wildman–Crippen LogP) is 5.11. The molecule has 0 saturated carbocycles. The molecular weight excluding hydrogens is 292 g/mol. The topological polar surface area (TPSA) is 18.5 Å². The van der Waals surface area contributed by atoms with Crippen LogP contribution in [-0.2, 0) is 9.47 Å². The Kier molecular flexibility index (Phi) is 7.67. The standard InChI is InChI=1S/C19H30O2S/c1-14(2)12-17(20-6)19(4,5)18(21-7)13-22-16-10-8-15(3)9-11-16/h8-11,17-18H,1,12-13H2,2-7H3. The third-order valence-corrected chi connectivity index (χ3v) is 5.26. The average molecular weight is 323 g/mol. The Labute approximate surface area is 140 Å². The monoisotopic (exact) mass is 322 g/mol. The number of methoxy groups -OCH3 is 2. The maximum Gasteiger partial charge on any atom is 0.0740 e. The number of hydrogen-bond donors (Lipinski definition) is 0. The summed E-state index contributed by atoms with van der Waals surface area (Å²) in [5, 5.41) is 0. The number of hydrogen-bond acceptors (Lipinski definition) is 3. The molecule has 0 fully saturated rings. The van der Waals surface area contributed by atoms with Crippen molar-refractivity contribution in [2.75, 3.05) is 20.0 Å². The normalized spacial score (nSPS) is 14.6. The summed E-state index contributed by atoms with van der Waals surface area (Å²) < 4.78 is 11.5. The molecule has 0 aliphatic carbocycles. The summed E-state index contributed by atoms with van der Waals surface area (Å²) in [4.78, 5) is 1.28. The van der Waals surface area contributed by atoms with Gasteiger partial charge >= 0.3 is 0 Å². The van der Waals surface area contributed by atoms with E-state index < -0.39 is 0 Å². The van der Waals surface area contributed by atoms with Gasteiger partial charge in [0.05, 0.1) is 12.2 Å². The van der Waals surface area contributed by atoms with Crippen LogP contribution in [0.5, 0.6) is 0 Å². The molecule has 0 aromatic heterocycles. The lowest BCUT2D eigenvalue weighted by Gasteiger charge is -2.39. The Balaban J connectivity index is 2.75. The van der Waals surface area contributed by atoms with Crippen molar-refractivity contribution in [3.05, 3.63) is 42.0 Å². The molecular formula is C19H30O2S. The van der Waals surface area contributed by atoms with Crippen molar-refractivity contribution in [3.8, 4) is 0 Å². The SMILES string of the molecule is C=C(C)CC(OC)C(C)(C)C(CSc1ccc(C)cc1)OC. The van der Waals surface area contributed by atoms with Gasteiger partial charge in [0.25, 0.3) is 0 Å². The van der Waals surface area contributed by atoms with E-state index in [-0.39, 0.29) is 17.6 Å². The minimum atomic E-state index is -0.0832. The van der Waals surface area contributed by atoms with Crippen LogP contribution < -0.4 is 0 Å². The minimum Gasteiger partial charge on any atom is -0.380 e. The first kappa shape index (κ1) is 19.3. The first-order chi connectivity index (χ1) is 10.3. The summed E-state index contributed by atoms with van der Waals surface area (Å²) in [6.45, 7) is 12.6. The number of ether oxygens (including phenoxy) is 2. The summed E-state index contributed by atoms with van der Waals surface area (Å²) >= 11 is 1.83. The molecule has 0 spiro atoms. The van der Waals surface area contributed by atoms with Crippen LogP contribution in [0.25, 0.3) is 0 Å². The summed E-state index contributed by atoms with van der Waals surface area (Å²) in [5.74, 6) is 0.905. The fraction of sp³-hybridized carbons (Fsp3) is 0.579. The summed E-state index contributed by atoms with van der Waals surface area (Å²) in [5.41, 5.74) is 2.34. The fourth-order valence-electron chi connectivity index (χ4n) is 2.57. The van der Waals surface area contributed by atoms with Crippen LogP contribution in [0.1, 0.15) is 32.8 Å². The third kappa shape index (κ3) is 5.45. The van der Waals surface area contributed by atoms with Gasteiger partial charge in [0.1, 0.15) is 0 Å². The predicted molar refractivity (Wildman–Crippen MR) is 96.7 cm³/mol. The molecule has 3 heteroatoms. The molecule has 0 heterocycles. The van der Waals surface area contributed by atoms with Gasteiger partial charge in [-0.05, 0) is 32.4 Å². The summed E-state index contributed by atoms with van der Waals surface area (Å²) in [6.07, 6.45) is 1.08. The van der Waals surface area contributed by atoms with Gasteiger partial charge in [-0.2, -0.15) is 0 Å². The van der Waals surface area contributed by atoms with Crippen molar-refractivity contribution >= 4 is 11.8 Å². The Bertz CT molecular complexity index is 465. The maximum absolute atomic E-state index is 5.79. The number of thioether (sulfide) groups is 1. The second-order valence-corrected chi connectivity index (χ2v) is 7.65. The van der Waals surface area contributed by atoms with Gasteiger partial charge in [0.2, 0.25) is 0 Å². The molecule has 0 aliphatic rings. The van der Waals surface area contributed by atoms with Gasteiger partial charge in [-0.1, -0.05) is 37.1 Å². The molecule has 0 saturated heterocycles. The Morgan fingerprint density at radius 2 is 1.68 bits per heavy atom. The van der Waals surface area contributed by atoms with Crippen molar-refractivity contribution in [2.24, 2.45) is 5.41 Å². The highest BCUT2D eigenvalue weighted by Gasteiger charge is 2.37. The van der Waals surface area contributed by atoms with Crippen molar-refractivity contribution in [2.45, 2.75) is 51.2 Å². The molecule has 1 aromatic carbocycles. The van der Waals surface area contributed by atoms with E-state index in [1.165, 1.54) is 10.5 Å². The maximum atomic E-state index is 5.79. The smallest absolute Gasteiger partial charge is 0.0740 e. The van der Waals surface area contributed by atoms with E-state index in [1.807, 2.05) is 18.7 Å². The summed E-state index contributed by atoms with van der Waals surface area (Å²) in [7, 11) is 3.56. The van der Waals surface area contributed by atoms with Crippen LogP contribution >= 0.6 is 11.8 Å². The van der Waals surface area contributed by atoms with Crippen LogP contribution in [0.3, 0.4) is 0 Å². The summed E-state index contributed by atoms with van der Waals surface area (Å²) in [6, 6.07) is 8.63. The van der Waals surface area contributed by atoms with Gasteiger partial charge in [0, 0.05) is 30.3 Å². The molecule has 2 unspecified atom stereocenters. The first-order valence-corrected chi connectivity index (χ1v) is 8.69. The van der Waals surface area contributed by atoms with Gasteiger partial charge in [-0.25, -0.2) is 0 Å². The van der Waals surface area contributed by atoms with Gasteiger partial charge in [0.15, 0.2) is 0 Å².